The summed E-state index contributed by atoms with van der Waals surface area (Å²) in [5.41, 5.74) is 1.23. The van der Waals surface area contributed by atoms with Crippen molar-refractivity contribution < 1.29 is 5.11 Å². The number of aliphatic hydroxyl groups excluding tert-OH is 1. The first kappa shape index (κ1) is 11.7. The zero-order valence-electron chi connectivity index (χ0n) is 8.50. The fourth-order valence-electron chi connectivity index (χ4n) is 1.33. The van der Waals surface area contributed by atoms with Gasteiger partial charge in [-0.1, -0.05) is 28.1 Å². The van der Waals surface area contributed by atoms with Crippen molar-refractivity contribution >= 4 is 15.9 Å². The summed E-state index contributed by atoms with van der Waals surface area (Å²) < 4.78 is 1.09. The number of hydrogen-bond acceptors (Lipinski definition) is 2. The Morgan fingerprint density at radius 1 is 1.29 bits per heavy atom. The van der Waals surface area contributed by atoms with Crippen LogP contribution in [0.4, 0.5) is 0 Å². The van der Waals surface area contributed by atoms with Crippen LogP contribution >= 0.6 is 15.9 Å². The molecule has 0 aliphatic heterocycles. The van der Waals surface area contributed by atoms with E-state index in [4.69, 9.17) is 5.11 Å². The van der Waals surface area contributed by atoms with Gasteiger partial charge in [0.1, 0.15) is 0 Å². The first-order chi connectivity index (χ1) is 6.63. The second-order valence-corrected chi connectivity index (χ2v) is 4.44. The van der Waals surface area contributed by atoms with Crippen molar-refractivity contribution in [2.75, 3.05) is 6.61 Å². The summed E-state index contributed by atoms with van der Waals surface area (Å²) in [7, 11) is 0. The second-order valence-electron chi connectivity index (χ2n) is 3.52. The van der Waals surface area contributed by atoms with Gasteiger partial charge in [-0.05, 0) is 31.5 Å². The maximum absolute atomic E-state index is 8.90. The van der Waals surface area contributed by atoms with E-state index in [9.17, 15) is 0 Å². The van der Waals surface area contributed by atoms with Crippen molar-refractivity contribution in [2.24, 2.45) is 0 Å². The zero-order chi connectivity index (χ0) is 10.6. The van der Waals surface area contributed by atoms with Crippen molar-refractivity contribution in [1.82, 2.24) is 5.32 Å². The van der Waals surface area contributed by atoms with Gasteiger partial charge in [-0.3, -0.25) is 0 Å². The van der Waals surface area contributed by atoms with E-state index < -0.39 is 0 Å². The van der Waals surface area contributed by atoms with E-state index in [1.54, 1.807) is 0 Å². The Morgan fingerprint density at radius 3 is 2.36 bits per heavy atom. The molecule has 0 saturated carbocycles. The summed E-state index contributed by atoms with van der Waals surface area (Å²) in [4.78, 5) is 0. The number of hydrogen-bond donors (Lipinski definition) is 2. The zero-order valence-corrected chi connectivity index (χ0v) is 10.1. The molecule has 0 heterocycles. The number of halogens is 1. The van der Waals surface area contributed by atoms with Gasteiger partial charge < -0.3 is 10.4 Å². The van der Waals surface area contributed by atoms with Crippen LogP contribution in [0.25, 0.3) is 0 Å². The van der Waals surface area contributed by atoms with Crippen LogP contribution in [0.5, 0.6) is 0 Å². The highest BCUT2D eigenvalue weighted by molar-refractivity contribution is 9.10. The molecule has 1 aromatic rings. The summed E-state index contributed by atoms with van der Waals surface area (Å²) in [6.07, 6.45) is 0. The van der Waals surface area contributed by atoms with Gasteiger partial charge >= 0.3 is 0 Å². The van der Waals surface area contributed by atoms with Crippen molar-refractivity contribution in [3.8, 4) is 0 Å². The second kappa shape index (κ2) is 5.49. The maximum atomic E-state index is 8.90. The van der Waals surface area contributed by atoms with E-state index in [2.05, 4.69) is 40.3 Å². The van der Waals surface area contributed by atoms with Gasteiger partial charge in [-0.15, -0.1) is 0 Å². The molecule has 1 aromatic carbocycles. The Balaban J connectivity index is 2.60. The SMILES string of the molecule is C[C@H](N[C@@H](C)CO)c1ccc(Br)cc1. The number of benzene rings is 1. The van der Waals surface area contributed by atoms with Gasteiger partial charge in [0.25, 0.3) is 0 Å². The molecule has 0 radical (unpaired) electrons. The monoisotopic (exact) mass is 257 g/mol. The lowest BCUT2D eigenvalue weighted by Gasteiger charge is -2.18. The Labute approximate surface area is 93.5 Å². The molecular formula is C11H16BrNO. The van der Waals surface area contributed by atoms with Gasteiger partial charge in [0.05, 0.1) is 6.61 Å². The predicted molar refractivity (Wildman–Crippen MR) is 62.2 cm³/mol. The fraction of sp³-hybridized carbons (Fsp3) is 0.455. The molecule has 2 N–H and O–H groups in total. The minimum absolute atomic E-state index is 0.133. The van der Waals surface area contributed by atoms with Gasteiger partial charge in [-0.25, -0.2) is 0 Å². The molecule has 0 spiro atoms. The lowest BCUT2D eigenvalue weighted by molar-refractivity contribution is 0.243. The summed E-state index contributed by atoms with van der Waals surface area (Å²) in [6, 6.07) is 8.60. The molecule has 0 unspecified atom stereocenters. The molecule has 2 nitrogen and oxygen atoms in total. The third kappa shape index (κ3) is 3.40. The van der Waals surface area contributed by atoms with Crippen LogP contribution in [0, 0.1) is 0 Å². The van der Waals surface area contributed by atoms with Gasteiger partial charge in [0.15, 0.2) is 0 Å². The Hall–Kier alpha value is -0.380. The summed E-state index contributed by atoms with van der Waals surface area (Å²) in [5.74, 6) is 0. The number of rotatable bonds is 4. The number of nitrogens with one attached hydrogen (secondary N) is 1. The lowest BCUT2D eigenvalue weighted by atomic mass is 10.1. The average molecular weight is 258 g/mol. The van der Waals surface area contributed by atoms with Crippen molar-refractivity contribution in [1.29, 1.82) is 0 Å². The highest BCUT2D eigenvalue weighted by atomic mass is 79.9. The first-order valence-electron chi connectivity index (χ1n) is 4.76. The Kier molecular flexibility index (Phi) is 4.58. The normalized spacial score (nSPS) is 15.1. The van der Waals surface area contributed by atoms with Crippen molar-refractivity contribution in [3.63, 3.8) is 0 Å². The van der Waals surface area contributed by atoms with Gasteiger partial charge in [0.2, 0.25) is 0 Å². The quantitative estimate of drug-likeness (QED) is 0.869. The minimum Gasteiger partial charge on any atom is -0.395 e. The molecule has 2 atom stereocenters. The molecule has 3 heteroatoms. The van der Waals surface area contributed by atoms with Crippen LogP contribution in [0.2, 0.25) is 0 Å². The van der Waals surface area contributed by atoms with Crippen molar-refractivity contribution in [3.05, 3.63) is 34.3 Å². The molecule has 0 amide bonds. The van der Waals surface area contributed by atoms with Crippen LogP contribution in [-0.4, -0.2) is 17.8 Å². The molecule has 0 aliphatic carbocycles. The van der Waals surface area contributed by atoms with Crippen LogP contribution in [0.1, 0.15) is 25.5 Å². The summed E-state index contributed by atoms with van der Waals surface area (Å²) in [6.45, 7) is 4.23. The molecule has 14 heavy (non-hydrogen) atoms. The smallest absolute Gasteiger partial charge is 0.0582 e. The largest absolute Gasteiger partial charge is 0.395 e. The maximum Gasteiger partial charge on any atom is 0.0582 e. The summed E-state index contributed by atoms with van der Waals surface area (Å²) in [5, 5.41) is 12.2. The molecule has 0 aromatic heterocycles. The fourth-order valence-corrected chi connectivity index (χ4v) is 1.59. The third-order valence-corrected chi connectivity index (χ3v) is 2.71. The van der Waals surface area contributed by atoms with E-state index >= 15 is 0 Å². The summed E-state index contributed by atoms with van der Waals surface area (Å²) >= 11 is 3.40. The third-order valence-electron chi connectivity index (χ3n) is 2.18. The molecule has 0 saturated heterocycles. The van der Waals surface area contributed by atoms with E-state index in [0.29, 0.717) is 0 Å². The first-order valence-corrected chi connectivity index (χ1v) is 5.55. The molecular weight excluding hydrogens is 242 g/mol. The average Bonchev–Trinajstić information content (AvgIpc) is 2.18. The van der Waals surface area contributed by atoms with Crippen LogP contribution in [0.15, 0.2) is 28.7 Å². The van der Waals surface area contributed by atoms with Crippen LogP contribution in [0.3, 0.4) is 0 Å². The molecule has 0 fully saturated rings. The predicted octanol–water partition coefficient (Wildman–Crippen LogP) is 2.48. The Morgan fingerprint density at radius 2 is 1.86 bits per heavy atom. The van der Waals surface area contributed by atoms with Crippen molar-refractivity contribution in [2.45, 2.75) is 25.9 Å². The minimum atomic E-state index is 0.133. The lowest BCUT2D eigenvalue weighted by Crippen LogP contribution is -2.31. The van der Waals surface area contributed by atoms with E-state index in [-0.39, 0.29) is 18.7 Å². The van der Waals surface area contributed by atoms with Crippen LogP contribution in [-0.2, 0) is 0 Å². The highest BCUT2D eigenvalue weighted by Gasteiger charge is 2.07. The van der Waals surface area contributed by atoms with E-state index in [0.717, 1.165) is 4.47 Å². The molecule has 1 rings (SSSR count). The Bertz CT molecular complexity index is 273. The van der Waals surface area contributed by atoms with Gasteiger partial charge in [0, 0.05) is 16.6 Å². The topological polar surface area (TPSA) is 32.3 Å². The molecule has 0 aliphatic rings. The van der Waals surface area contributed by atoms with Crippen LogP contribution < -0.4 is 5.32 Å². The van der Waals surface area contributed by atoms with E-state index in [1.807, 2.05) is 19.1 Å². The van der Waals surface area contributed by atoms with Gasteiger partial charge in [-0.2, -0.15) is 0 Å². The molecule has 0 bridgehead atoms. The highest BCUT2D eigenvalue weighted by Crippen LogP contribution is 2.16. The standard InChI is InChI=1S/C11H16BrNO/c1-8(7-14)13-9(2)10-3-5-11(12)6-4-10/h3-6,8-9,13-14H,7H2,1-2H3/t8-,9-/m0/s1. The number of aliphatic hydroxyl groups is 1. The van der Waals surface area contributed by atoms with E-state index in [1.165, 1.54) is 5.56 Å². The molecule has 78 valence electrons.